The lowest BCUT2D eigenvalue weighted by Gasteiger charge is -2.20. The minimum Gasteiger partial charge on any atom is -0.156 e. The van der Waals surface area contributed by atoms with Crippen molar-refractivity contribution in [1.82, 2.24) is 0 Å². The maximum Gasteiger partial charge on any atom is 0.00520 e. The van der Waals surface area contributed by atoms with Crippen LogP contribution in [0.4, 0.5) is 0 Å². The topological polar surface area (TPSA) is 0 Å². The molecule has 0 aromatic rings. The van der Waals surface area contributed by atoms with Crippen LogP contribution in [0.5, 0.6) is 0 Å². The third-order valence-electron chi connectivity index (χ3n) is 2.08. The highest BCUT2D eigenvalue weighted by molar-refractivity contribution is 8.00. The Bertz CT molecular complexity index is 97.7. The summed E-state index contributed by atoms with van der Waals surface area (Å²) in [7, 11) is 0. The monoisotopic (exact) mass is 202 g/mol. The molecular formula is C12H26S. The molecule has 0 aromatic heterocycles. The van der Waals surface area contributed by atoms with Gasteiger partial charge < -0.3 is 0 Å². The number of thioether (sulfide) groups is 1. The average Bonchev–Trinajstić information content (AvgIpc) is 1.98. The SMILES string of the molecule is CCCCC(CC(C)C)SC(C)C. The Hall–Kier alpha value is 0.350. The van der Waals surface area contributed by atoms with E-state index in [9.17, 15) is 0 Å². The fourth-order valence-electron chi connectivity index (χ4n) is 1.58. The van der Waals surface area contributed by atoms with Crippen molar-refractivity contribution >= 4 is 11.8 Å². The molecule has 0 heterocycles. The van der Waals surface area contributed by atoms with Gasteiger partial charge in [0.1, 0.15) is 0 Å². The second-order valence-corrected chi connectivity index (χ2v) is 6.46. The molecule has 0 saturated carbocycles. The molecule has 13 heavy (non-hydrogen) atoms. The van der Waals surface area contributed by atoms with Gasteiger partial charge in [-0.25, -0.2) is 0 Å². The van der Waals surface area contributed by atoms with Gasteiger partial charge in [-0.3, -0.25) is 0 Å². The smallest absolute Gasteiger partial charge is 0.00520 e. The average molecular weight is 202 g/mol. The molecule has 0 N–H and O–H groups in total. The van der Waals surface area contributed by atoms with Gasteiger partial charge in [-0.1, -0.05) is 47.5 Å². The van der Waals surface area contributed by atoms with Gasteiger partial charge in [0, 0.05) is 5.25 Å². The minimum atomic E-state index is 0.792. The van der Waals surface area contributed by atoms with Crippen LogP contribution in [0.1, 0.15) is 60.3 Å². The van der Waals surface area contributed by atoms with Crippen LogP contribution in [0, 0.1) is 5.92 Å². The predicted molar refractivity (Wildman–Crippen MR) is 65.5 cm³/mol. The van der Waals surface area contributed by atoms with Crippen LogP contribution in [0.2, 0.25) is 0 Å². The second-order valence-electron chi connectivity index (χ2n) is 4.58. The van der Waals surface area contributed by atoms with E-state index in [-0.39, 0.29) is 0 Å². The number of hydrogen-bond acceptors (Lipinski definition) is 1. The summed E-state index contributed by atoms with van der Waals surface area (Å²) in [6, 6.07) is 0. The Labute approximate surface area is 88.9 Å². The molecule has 0 aromatic carbocycles. The Morgan fingerprint density at radius 2 is 1.69 bits per heavy atom. The highest BCUT2D eigenvalue weighted by atomic mass is 32.2. The van der Waals surface area contributed by atoms with Crippen LogP contribution in [-0.4, -0.2) is 10.5 Å². The van der Waals surface area contributed by atoms with E-state index in [1.54, 1.807) is 0 Å². The van der Waals surface area contributed by atoms with E-state index in [2.05, 4.69) is 46.4 Å². The molecule has 0 nitrogen and oxygen atoms in total. The largest absolute Gasteiger partial charge is 0.156 e. The highest BCUT2D eigenvalue weighted by Crippen LogP contribution is 2.27. The lowest BCUT2D eigenvalue weighted by atomic mass is 10.0. The number of rotatable bonds is 7. The molecule has 0 rings (SSSR count). The first-order chi connectivity index (χ1) is 6.06. The van der Waals surface area contributed by atoms with Gasteiger partial charge in [-0.15, -0.1) is 0 Å². The Balaban J connectivity index is 3.73. The van der Waals surface area contributed by atoms with Crippen molar-refractivity contribution in [2.75, 3.05) is 0 Å². The quantitative estimate of drug-likeness (QED) is 0.575. The zero-order chi connectivity index (χ0) is 10.3. The van der Waals surface area contributed by atoms with Gasteiger partial charge in [0.25, 0.3) is 0 Å². The molecule has 0 fully saturated rings. The first-order valence-electron chi connectivity index (χ1n) is 5.71. The molecule has 0 spiro atoms. The van der Waals surface area contributed by atoms with E-state index in [1.165, 1.54) is 25.7 Å². The first kappa shape index (κ1) is 13.4. The molecule has 0 aliphatic heterocycles. The summed E-state index contributed by atoms with van der Waals surface area (Å²) in [6.45, 7) is 11.6. The molecule has 1 atom stereocenters. The van der Waals surface area contributed by atoms with E-state index in [1.807, 2.05) is 0 Å². The van der Waals surface area contributed by atoms with Crippen molar-refractivity contribution in [3.8, 4) is 0 Å². The summed E-state index contributed by atoms with van der Waals surface area (Å²) >= 11 is 2.17. The predicted octanol–water partition coefficient (Wildman–Crippen LogP) is 4.73. The highest BCUT2D eigenvalue weighted by Gasteiger charge is 2.12. The Morgan fingerprint density at radius 3 is 2.08 bits per heavy atom. The van der Waals surface area contributed by atoms with Crippen LogP contribution in [0.25, 0.3) is 0 Å². The lowest BCUT2D eigenvalue weighted by Crippen LogP contribution is -2.09. The van der Waals surface area contributed by atoms with Crippen molar-refractivity contribution < 1.29 is 0 Å². The van der Waals surface area contributed by atoms with Crippen LogP contribution in [-0.2, 0) is 0 Å². The summed E-state index contributed by atoms with van der Waals surface area (Å²) in [4.78, 5) is 0. The van der Waals surface area contributed by atoms with E-state index in [0.29, 0.717) is 0 Å². The summed E-state index contributed by atoms with van der Waals surface area (Å²) in [5, 5.41) is 1.69. The van der Waals surface area contributed by atoms with Crippen LogP contribution >= 0.6 is 11.8 Å². The molecule has 0 aliphatic rings. The Kier molecular flexibility index (Phi) is 7.93. The first-order valence-corrected chi connectivity index (χ1v) is 6.66. The third-order valence-corrected chi connectivity index (χ3v) is 3.44. The molecule has 0 radical (unpaired) electrons. The van der Waals surface area contributed by atoms with E-state index < -0.39 is 0 Å². The minimum absolute atomic E-state index is 0.792. The molecule has 0 amide bonds. The third kappa shape index (κ3) is 8.67. The van der Waals surface area contributed by atoms with Crippen molar-refractivity contribution in [3.05, 3.63) is 0 Å². The van der Waals surface area contributed by atoms with Crippen LogP contribution in [0.15, 0.2) is 0 Å². The van der Waals surface area contributed by atoms with E-state index in [4.69, 9.17) is 0 Å². The molecule has 80 valence electrons. The lowest BCUT2D eigenvalue weighted by molar-refractivity contribution is 0.535. The molecule has 1 heteroatoms. The van der Waals surface area contributed by atoms with E-state index in [0.717, 1.165) is 16.4 Å². The molecule has 1 unspecified atom stereocenters. The van der Waals surface area contributed by atoms with Crippen molar-refractivity contribution in [2.45, 2.75) is 70.8 Å². The Morgan fingerprint density at radius 1 is 1.08 bits per heavy atom. The molecular weight excluding hydrogens is 176 g/mol. The summed E-state index contributed by atoms with van der Waals surface area (Å²) in [6.07, 6.45) is 5.55. The summed E-state index contributed by atoms with van der Waals surface area (Å²) in [5.74, 6) is 0.855. The standard InChI is InChI=1S/C12H26S/c1-6-7-8-12(9-10(2)3)13-11(4)5/h10-12H,6-9H2,1-5H3. The van der Waals surface area contributed by atoms with Gasteiger partial charge in [-0.05, 0) is 24.0 Å². The number of unbranched alkanes of at least 4 members (excludes halogenated alkanes) is 1. The summed E-state index contributed by atoms with van der Waals surface area (Å²) in [5.41, 5.74) is 0. The maximum absolute atomic E-state index is 2.33. The van der Waals surface area contributed by atoms with E-state index >= 15 is 0 Å². The molecule has 0 bridgehead atoms. The fourth-order valence-corrected chi connectivity index (χ4v) is 3.15. The van der Waals surface area contributed by atoms with Gasteiger partial charge in [-0.2, -0.15) is 11.8 Å². The van der Waals surface area contributed by atoms with Gasteiger partial charge in [0.15, 0.2) is 0 Å². The zero-order valence-corrected chi connectivity index (χ0v) is 10.8. The van der Waals surface area contributed by atoms with Crippen molar-refractivity contribution in [3.63, 3.8) is 0 Å². The second kappa shape index (κ2) is 7.73. The fraction of sp³-hybridized carbons (Fsp3) is 1.00. The maximum atomic E-state index is 2.33. The summed E-state index contributed by atoms with van der Waals surface area (Å²) < 4.78 is 0. The van der Waals surface area contributed by atoms with Gasteiger partial charge in [0.2, 0.25) is 0 Å². The zero-order valence-electron chi connectivity index (χ0n) is 9.97. The van der Waals surface area contributed by atoms with Crippen LogP contribution < -0.4 is 0 Å². The van der Waals surface area contributed by atoms with Gasteiger partial charge >= 0.3 is 0 Å². The molecule has 0 saturated heterocycles. The van der Waals surface area contributed by atoms with Crippen molar-refractivity contribution in [1.29, 1.82) is 0 Å². The van der Waals surface area contributed by atoms with Crippen molar-refractivity contribution in [2.24, 2.45) is 5.92 Å². The molecule has 0 aliphatic carbocycles. The van der Waals surface area contributed by atoms with Crippen LogP contribution in [0.3, 0.4) is 0 Å². The normalized spacial score (nSPS) is 14.1. The number of hydrogen-bond donors (Lipinski definition) is 0. The van der Waals surface area contributed by atoms with Gasteiger partial charge in [0.05, 0.1) is 0 Å².